The van der Waals surface area contributed by atoms with Gasteiger partial charge in [0.25, 0.3) is 11.8 Å². The molecule has 0 aliphatic carbocycles. The fourth-order valence-electron chi connectivity index (χ4n) is 3.34. The zero-order valence-corrected chi connectivity index (χ0v) is 20.7. The number of carbonyl (C=O) groups is 2. The number of nitriles is 1. The summed E-state index contributed by atoms with van der Waals surface area (Å²) in [6.45, 7) is -0.141. The first kappa shape index (κ1) is 24.0. The molecule has 35 heavy (non-hydrogen) atoms. The zero-order valence-electron chi connectivity index (χ0n) is 18.5. The average molecular weight is 573 g/mol. The summed E-state index contributed by atoms with van der Waals surface area (Å²) in [6.07, 6.45) is 1.50. The van der Waals surface area contributed by atoms with E-state index in [1.807, 2.05) is 66.7 Å². The molecule has 4 aromatic rings. The van der Waals surface area contributed by atoms with Crippen molar-refractivity contribution in [3.8, 4) is 11.8 Å². The molecule has 6 nitrogen and oxygen atoms in total. The van der Waals surface area contributed by atoms with Crippen LogP contribution in [-0.4, -0.2) is 18.4 Å². The van der Waals surface area contributed by atoms with Crippen LogP contribution in [-0.2, 0) is 9.59 Å². The van der Waals surface area contributed by atoms with E-state index in [1.165, 1.54) is 6.08 Å². The molecular weight excluding hydrogens is 553 g/mol. The predicted molar refractivity (Wildman–Crippen MR) is 146 cm³/mol. The third-order valence-electron chi connectivity index (χ3n) is 5.08. The molecule has 172 valence electrons. The minimum Gasteiger partial charge on any atom is -0.484 e. The largest absolute Gasteiger partial charge is 0.484 e. The maximum Gasteiger partial charge on any atom is 0.266 e. The lowest BCUT2D eigenvalue weighted by molar-refractivity contribution is -0.118. The van der Waals surface area contributed by atoms with Crippen LogP contribution in [0.25, 0.3) is 16.8 Å². The molecule has 0 saturated heterocycles. The molecule has 0 unspecified atom stereocenters. The van der Waals surface area contributed by atoms with Gasteiger partial charge >= 0.3 is 0 Å². The van der Waals surface area contributed by atoms with Gasteiger partial charge in [-0.2, -0.15) is 5.26 Å². The highest BCUT2D eigenvalue weighted by molar-refractivity contribution is 14.1. The fraction of sp³-hybridized carbons (Fsp3) is 0.0357. The first-order valence-corrected chi connectivity index (χ1v) is 11.8. The molecule has 0 aromatic heterocycles. The van der Waals surface area contributed by atoms with Crippen LogP contribution in [0.1, 0.15) is 5.56 Å². The van der Waals surface area contributed by atoms with E-state index in [-0.39, 0.29) is 18.1 Å². The Kier molecular flexibility index (Phi) is 7.75. The molecule has 7 heteroatoms. The maximum atomic E-state index is 12.6. The topological polar surface area (TPSA) is 91.2 Å². The summed E-state index contributed by atoms with van der Waals surface area (Å²) in [5.41, 5.74) is 1.98. The molecule has 0 fully saturated rings. The Morgan fingerprint density at radius 3 is 2.34 bits per heavy atom. The second-order valence-electron chi connectivity index (χ2n) is 7.57. The van der Waals surface area contributed by atoms with Gasteiger partial charge in [-0.15, -0.1) is 0 Å². The maximum absolute atomic E-state index is 12.6. The lowest BCUT2D eigenvalue weighted by Gasteiger charge is -2.09. The summed E-state index contributed by atoms with van der Waals surface area (Å²) in [5, 5.41) is 17.1. The fourth-order valence-corrected chi connectivity index (χ4v) is 3.86. The molecule has 0 saturated carbocycles. The minimum absolute atomic E-state index is 0.0244. The monoisotopic (exact) mass is 573 g/mol. The normalized spacial score (nSPS) is 10.9. The van der Waals surface area contributed by atoms with E-state index < -0.39 is 5.91 Å². The predicted octanol–water partition coefficient (Wildman–Crippen LogP) is 6.01. The average Bonchev–Trinajstić information content (AvgIpc) is 2.88. The van der Waals surface area contributed by atoms with E-state index in [9.17, 15) is 14.9 Å². The van der Waals surface area contributed by atoms with E-state index in [0.717, 1.165) is 20.0 Å². The van der Waals surface area contributed by atoms with Gasteiger partial charge in [-0.05, 0) is 81.4 Å². The van der Waals surface area contributed by atoms with Crippen LogP contribution in [0.15, 0.2) is 96.6 Å². The van der Waals surface area contributed by atoms with Crippen LogP contribution in [0.5, 0.6) is 5.75 Å². The number of nitrogens with zero attached hydrogens (tertiary/aromatic N) is 1. The second-order valence-corrected chi connectivity index (χ2v) is 8.73. The van der Waals surface area contributed by atoms with Crippen molar-refractivity contribution in [1.29, 1.82) is 5.26 Å². The molecule has 0 atom stereocenters. The summed E-state index contributed by atoms with van der Waals surface area (Å²) in [6, 6.07) is 29.6. The minimum atomic E-state index is -0.490. The van der Waals surface area contributed by atoms with Crippen molar-refractivity contribution in [2.45, 2.75) is 0 Å². The van der Waals surface area contributed by atoms with Gasteiger partial charge in [-0.3, -0.25) is 9.59 Å². The van der Waals surface area contributed by atoms with Crippen LogP contribution in [0.3, 0.4) is 0 Å². The molecule has 0 heterocycles. The number of hydrogen-bond donors (Lipinski definition) is 2. The summed E-state index contributed by atoms with van der Waals surface area (Å²) >= 11 is 2.15. The molecule has 0 bridgehead atoms. The number of ether oxygens (including phenoxy) is 1. The molecule has 4 aromatic carbocycles. The van der Waals surface area contributed by atoms with Crippen molar-refractivity contribution in [2.24, 2.45) is 0 Å². The SMILES string of the molecule is N#C/C(=C\c1ccc(OCC(=O)Nc2ccccc2I)cc1)C(=O)Nc1ccc2ccccc2c1. The number of anilines is 2. The Morgan fingerprint density at radius 2 is 1.60 bits per heavy atom. The van der Waals surface area contributed by atoms with Crippen molar-refractivity contribution >= 4 is 62.6 Å². The van der Waals surface area contributed by atoms with E-state index in [0.29, 0.717) is 17.0 Å². The Hall–Kier alpha value is -4.16. The number of benzene rings is 4. The molecule has 0 aliphatic heterocycles. The number of fused-ring (bicyclic) bond motifs is 1. The van der Waals surface area contributed by atoms with Crippen molar-refractivity contribution in [3.63, 3.8) is 0 Å². The van der Waals surface area contributed by atoms with Gasteiger partial charge in [0.1, 0.15) is 17.4 Å². The number of carbonyl (C=O) groups excluding carboxylic acids is 2. The van der Waals surface area contributed by atoms with Gasteiger partial charge in [-0.25, -0.2) is 0 Å². The van der Waals surface area contributed by atoms with Crippen LogP contribution < -0.4 is 15.4 Å². The lowest BCUT2D eigenvalue weighted by Crippen LogP contribution is -2.20. The molecular formula is C28H20IN3O3. The summed E-state index contributed by atoms with van der Waals surface area (Å²) < 4.78 is 6.49. The quantitative estimate of drug-likeness (QED) is 0.161. The first-order valence-electron chi connectivity index (χ1n) is 10.7. The Bertz CT molecular complexity index is 1460. The number of hydrogen-bond acceptors (Lipinski definition) is 4. The van der Waals surface area contributed by atoms with E-state index in [2.05, 4.69) is 33.2 Å². The number of para-hydroxylation sites is 1. The Labute approximate surface area is 216 Å². The van der Waals surface area contributed by atoms with Gasteiger partial charge < -0.3 is 15.4 Å². The van der Waals surface area contributed by atoms with Crippen LogP contribution >= 0.6 is 22.6 Å². The Balaban J connectivity index is 1.36. The highest BCUT2D eigenvalue weighted by Crippen LogP contribution is 2.21. The van der Waals surface area contributed by atoms with Gasteiger partial charge in [-0.1, -0.05) is 54.6 Å². The van der Waals surface area contributed by atoms with Crippen molar-refractivity contribution in [3.05, 3.63) is 106 Å². The van der Waals surface area contributed by atoms with E-state index in [4.69, 9.17) is 4.74 Å². The molecule has 2 amide bonds. The van der Waals surface area contributed by atoms with Gasteiger partial charge in [0.05, 0.1) is 5.69 Å². The number of nitrogens with one attached hydrogen (secondary N) is 2. The number of amides is 2. The second kappa shape index (κ2) is 11.3. The Morgan fingerprint density at radius 1 is 0.886 bits per heavy atom. The van der Waals surface area contributed by atoms with Crippen molar-refractivity contribution in [2.75, 3.05) is 17.2 Å². The molecule has 0 spiro atoms. The third kappa shape index (κ3) is 6.46. The first-order chi connectivity index (χ1) is 17.0. The molecule has 4 rings (SSSR count). The van der Waals surface area contributed by atoms with E-state index >= 15 is 0 Å². The van der Waals surface area contributed by atoms with Crippen LogP contribution in [0, 0.1) is 14.9 Å². The summed E-state index contributed by atoms with van der Waals surface area (Å²) in [5.74, 6) is -0.260. The van der Waals surface area contributed by atoms with E-state index in [1.54, 1.807) is 30.3 Å². The van der Waals surface area contributed by atoms with Crippen molar-refractivity contribution < 1.29 is 14.3 Å². The summed E-state index contributed by atoms with van der Waals surface area (Å²) in [7, 11) is 0. The van der Waals surface area contributed by atoms with Gasteiger partial charge in [0.15, 0.2) is 6.61 Å². The lowest BCUT2D eigenvalue weighted by atomic mass is 10.1. The van der Waals surface area contributed by atoms with Gasteiger partial charge in [0, 0.05) is 9.26 Å². The van der Waals surface area contributed by atoms with Crippen molar-refractivity contribution in [1.82, 2.24) is 0 Å². The smallest absolute Gasteiger partial charge is 0.266 e. The molecule has 0 radical (unpaired) electrons. The summed E-state index contributed by atoms with van der Waals surface area (Å²) in [4.78, 5) is 24.8. The molecule has 0 aliphatic rings. The highest BCUT2D eigenvalue weighted by Gasteiger charge is 2.10. The van der Waals surface area contributed by atoms with Crippen LogP contribution in [0.4, 0.5) is 11.4 Å². The number of halogens is 1. The third-order valence-corrected chi connectivity index (χ3v) is 6.02. The number of rotatable bonds is 7. The standard InChI is InChI=1S/C28H20IN3O3/c29-25-7-3-4-8-26(25)32-27(33)18-35-24-13-9-19(10-14-24)15-22(17-30)28(34)31-23-12-11-20-5-1-2-6-21(20)16-23/h1-16H,18H2,(H,31,34)(H,32,33)/b22-15+. The molecule has 2 N–H and O–H groups in total. The highest BCUT2D eigenvalue weighted by atomic mass is 127. The van der Waals surface area contributed by atoms with Crippen LogP contribution in [0.2, 0.25) is 0 Å². The van der Waals surface area contributed by atoms with Gasteiger partial charge in [0.2, 0.25) is 0 Å². The zero-order chi connectivity index (χ0) is 24.6.